The molecular formula is C21H23N3O5S. The number of esters is 1. The summed E-state index contributed by atoms with van der Waals surface area (Å²) >= 11 is 1.42. The van der Waals surface area contributed by atoms with E-state index >= 15 is 0 Å². The first-order valence-corrected chi connectivity index (χ1v) is 10.7. The minimum absolute atomic E-state index is 0.187. The Hall–Kier alpha value is -3.20. The Morgan fingerprint density at radius 1 is 1.10 bits per heavy atom. The Morgan fingerprint density at radius 2 is 1.83 bits per heavy atom. The number of imidazole rings is 1. The maximum Gasteiger partial charge on any atom is 0.359 e. The summed E-state index contributed by atoms with van der Waals surface area (Å²) in [5.41, 5.74) is 0.822. The standard InChI is InChI=1S/C21H23N3O5S/c1-3-27-15-7-9-16(10-8-15)28-13-11-22-18(25)14-29-20(26)19-17-6-4-5-12-24(17)21(23-19)30-2/h4-10,12H,3,11,13-14H2,1-2H3,(H,22,25). The number of pyridine rings is 1. The predicted octanol–water partition coefficient (Wildman–Crippen LogP) is 2.81. The first kappa shape index (κ1) is 21.5. The molecule has 9 heteroatoms. The molecule has 0 aliphatic heterocycles. The molecular weight excluding hydrogens is 406 g/mol. The Labute approximate surface area is 178 Å². The number of amides is 1. The van der Waals surface area contributed by atoms with Crippen molar-refractivity contribution in [2.24, 2.45) is 0 Å². The molecule has 0 atom stereocenters. The lowest BCUT2D eigenvalue weighted by atomic mass is 10.3. The van der Waals surface area contributed by atoms with Gasteiger partial charge >= 0.3 is 5.97 Å². The van der Waals surface area contributed by atoms with Crippen LogP contribution in [0.1, 0.15) is 17.4 Å². The van der Waals surface area contributed by atoms with Crippen molar-refractivity contribution < 1.29 is 23.8 Å². The molecule has 0 unspecified atom stereocenters. The van der Waals surface area contributed by atoms with Crippen LogP contribution < -0.4 is 14.8 Å². The van der Waals surface area contributed by atoms with Crippen molar-refractivity contribution in [1.29, 1.82) is 0 Å². The zero-order valence-corrected chi connectivity index (χ0v) is 17.6. The number of carbonyl (C=O) groups is 2. The Morgan fingerprint density at radius 3 is 2.53 bits per heavy atom. The number of fused-ring (bicyclic) bond motifs is 1. The molecule has 8 nitrogen and oxygen atoms in total. The van der Waals surface area contributed by atoms with Gasteiger partial charge in [0.05, 0.1) is 18.7 Å². The summed E-state index contributed by atoms with van der Waals surface area (Å²) in [7, 11) is 0. The van der Waals surface area contributed by atoms with Crippen molar-refractivity contribution in [3.63, 3.8) is 0 Å². The third kappa shape index (κ3) is 5.44. The zero-order valence-electron chi connectivity index (χ0n) is 16.8. The van der Waals surface area contributed by atoms with Gasteiger partial charge in [-0.25, -0.2) is 9.78 Å². The van der Waals surface area contributed by atoms with E-state index in [4.69, 9.17) is 14.2 Å². The first-order chi connectivity index (χ1) is 14.6. The molecule has 0 bridgehead atoms. The topological polar surface area (TPSA) is 91.2 Å². The van der Waals surface area contributed by atoms with Gasteiger partial charge in [0.2, 0.25) is 0 Å². The van der Waals surface area contributed by atoms with Crippen molar-refractivity contribution in [2.45, 2.75) is 12.1 Å². The molecule has 0 aliphatic rings. The highest BCUT2D eigenvalue weighted by Gasteiger charge is 2.19. The van der Waals surface area contributed by atoms with E-state index in [-0.39, 0.29) is 25.5 Å². The molecule has 3 rings (SSSR count). The maximum atomic E-state index is 12.4. The van der Waals surface area contributed by atoms with Crippen LogP contribution in [0.4, 0.5) is 0 Å². The van der Waals surface area contributed by atoms with Gasteiger partial charge in [0.1, 0.15) is 18.1 Å². The van der Waals surface area contributed by atoms with Gasteiger partial charge in [0.25, 0.3) is 5.91 Å². The Balaban J connectivity index is 1.42. The largest absolute Gasteiger partial charge is 0.494 e. The number of rotatable bonds is 10. The predicted molar refractivity (Wildman–Crippen MR) is 113 cm³/mol. The van der Waals surface area contributed by atoms with Crippen LogP contribution in [0.5, 0.6) is 11.5 Å². The monoisotopic (exact) mass is 429 g/mol. The van der Waals surface area contributed by atoms with Gasteiger partial charge in [-0.3, -0.25) is 9.20 Å². The number of nitrogens with zero attached hydrogens (tertiary/aromatic N) is 2. The van der Waals surface area contributed by atoms with Crippen molar-refractivity contribution in [2.75, 3.05) is 32.6 Å². The highest BCUT2D eigenvalue weighted by Crippen LogP contribution is 2.20. The molecule has 0 spiro atoms. The molecule has 2 aromatic heterocycles. The van der Waals surface area contributed by atoms with Crippen LogP contribution in [-0.4, -0.2) is 53.9 Å². The van der Waals surface area contributed by atoms with Crippen LogP contribution in [0.25, 0.3) is 5.52 Å². The number of aromatic nitrogens is 2. The lowest BCUT2D eigenvalue weighted by Crippen LogP contribution is -2.32. The summed E-state index contributed by atoms with van der Waals surface area (Å²) in [6.45, 7) is 2.71. The average molecular weight is 429 g/mol. The molecule has 158 valence electrons. The molecule has 30 heavy (non-hydrogen) atoms. The van der Waals surface area contributed by atoms with Gasteiger partial charge < -0.3 is 19.5 Å². The van der Waals surface area contributed by atoms with Crippen LogP contribution >= 0.6 is 11.8 Å². The second-order valence-electron chi connectivity index (χ2n) is 6.08. The Bertz CT molecular complexity index is 1000. The summed E-state index contributed by atoms with van der Waals surface area (Å²) in [5.74, 6) is 0.400. The second-order valence-corrected chi connectivity index (χ2v) is 6.86. The molecule has 0 aliphatic carbocycles. The van der Waals surface area contributed by atoms with Crippen LogP contribution in [0.15, 0.2) is 53.8 Å². The van der Waals surface area contributed by atoms with Gasteiger partial charge in [-0.15, -0.1) is 0 Å². The highest BCUT2D eigenvalue weighted by atomic mass is 32.2. The van der Waals surface area contributed by atoms with Crippen molar-refractivity contribution >= 4 is 29.2 Å². The third-order valence-corrected chi connectivity index (χ3v) is 4.71. The number of nitrogens with one attached hydrogen (secondary N) is 1. The molecule has 3 aromatic rings. The fourth-order valence-electron chi connectivity index (χ4n) is 2.71. The highest BCUT2D eigenvalue weighted by molar-refractivity contribution is 7.98. The number of ether oxygens (including phenoxy) is 3. The van der Waals surface area contributed by atoms with Crippen molar-refractivity contribution in [3.8, 4) is 11.5 Å². The molecule has 0 radical (unpaired) electrons. The Kier molecular flexibility index (Phi) is 7.56. The number of thioether (sulfide) groups is 1. The SMILES string of the molecule is CCOc1ccc(OCCNC(=O)COC(=O)c2nc(SC)n3ccccc23)cc1. The molecule has 0 saturated carbocycles. The van der Waals surface area contributed by atoms with E-state index < -0.39 is 11.9 Å². The van der Waals surface area contributed by atoms with Crippen LogP contribution in [0.3, 0.4) is 0 Å². The molecule has 2 heterocycles. The van der Waals surface area contributed by atoms with E-state index in [2.05, 4.69) is 10.3 Å². The number of carbonyl (C=O) groups excluding carboxylic acids is 2. The van der Waals surface area contributed by atoms with E-state index in [1.54, 1.807) is 22.6 Å². The van der Waals surface area contributed by atoms with Gasteiger partial charge in [0, 0.05) is 6.20 Å². The normalized spacial score (nSPS) is 10.6. The minimum atomic E-state index is -0.639. The molecule has 1 N–H and O–H groups in total. The first-order valence-electron chi connectivity index (χ1n) is 9.43. The number of benzene rings is 1. The van der Waals surface area contributed by atoms with Gasteiger partial charge in [0.15, 0.2) is 17.5 Å². The third-order valence-electron chi connectivity index (χ3n) is 4.05. The maximum absolute atomic E-state index is 12.4. The van der Waals surface area contributed by atoms with Crippen LogP contribution in [0, 0.1) is 0 Å². The smallest absolute Gasteiger partial charge is 0.359 e. The molecule has 1 aromatic carbocycles. The van der Waals surface area contributed by atoms with E-state index in [9.17, 15) is 9.59 Å². The lowest BCUT2D eigenvalue weighted by molar-refractivity contribution is -0.124. The van der Waals surface area contributed by atoms with E-state index in [1.165, 1.54) is 11.8 Å². The van der Waals surface area contributed by atoms with Crippen molar-refractivity contribution in [1.82, 2.24) is 14.7 Å². The summed E-state index contributed by atoms with van der Waals surface area (Å²) in [6.07, 6.45) is 3.70. The van der Waals surface area contributed by atoms with Gasteiger partial charge in [-0.05, 0) is 49.6 Å². The fourth-order valence-corrected chi connectivity index (χ4v) is 3.25. The fraction of sp³-hybridized carbons (Fsp3) is 0.286. The number of hydrogen-bond donors (Lipinski definition) is 1. The van der Waals surface area contributed by atoms with Crippen molar-refractivity contribution in [3.05, 3.63) is 54.4 Å². The molecule has 0 saturated heterocycles. The van der Waals surface area contributed by atoms with Crippen LogP contribution in [-0.2, 0) is 9.53 Å². The van der Waals surface area contributed by atoms with E-state index in [0.29, 0.717) is 23.0 Å². The summed E-state index contributed by atoms with van der Waals surface area (Å²) in [6, 6.07) is 12.7. The summed E-state index contributed by atoms with van der Waals surface area (Å²) in [4.78, 5) is 28.6. The van der Waals surface area contributed by atoms with Gasteiger partial charge in [-0.2, -0.15) is 0 Å². The average Bonchev–Trinajstić information content (AvgIpc) is 3.15. The lowest BCUT2D eigenvalue weighted by Gasteiger charge is -2.09. The van der Waals surface area contributed by atoms with E-state index in [0.717, 1.165) is 5.75 Å². The molecule has 0 fully saturated rings. The summed E-state index contributed by atoms with van der Waals surface area (Å²) in [5, 5.41) is 3.32. The summed E-state index contributed by atoms with van der Waals surface area (Å²) < 4.78 is 17.8. The van der Waals surface area contributed by atoms with Gasteiger partial charge in [-0.1, -0.05) is 17.8 Å². The quantitative estimate of drug-likeness (QED) is 0.301. The molecule has 1 amide bonds. The zero-order chi connectivity index (χ0) is 21.3. The van der Waals surface area contributed by atoms with E-state index in [1.807, 2.05) is 43.6 Å². The minimum Gasteiger partial charge on any atom is -0.494 e. The second kappa shape index (κ2) is 10.5. The van der Waals surface area contributed by atoms with Crippen LogP contribution in [0.2, 0.25) is 0 Å². The number of hydrogen-bond acceptors (Lipinski definition) is 7.